The van der Waals surface area contributed by atoms with Crippen LogP contribution in [-0.4, -0.2) is 5.91 Å². The number of halogens is 2. The van der Waals surface area contributed by atoms with Crippen molar-refractivity contribution in [2.24, 2.45) is 5.84 Å². The summed E-state index contributed by atoms with van der Waals surface area (Å²) in [6.45, 7) is 0.245. The molecule has 0 aliphatic heterocycles. The van der Waals surface area contributed by atoms with E-state index in [1.165, 1.54) is 0 Å². The average Bonchev–Trinajstić information content (AvgIpc) is 2.46. The summed E-state index contributed by atoms with van der Waals surface area (Å²) in [4.78, 5) is 11.4. The van der Waals surface area contributed by atoms with Crippen LogP contribution in [0.3, 0.4) is 0 Å². The number of hydrogen-bond acceptors (Lipinski definition) is 3. The molecule has 104 valence electrons. The third kappa shape index (κ3) is 3.42. The van der Waals surface area contributed by atoms with Crippen molar-refractivity contribution in [2.45, 2.75) is 6.61 Å². The number of carbonyl (C=O) groups is 1. The number of hydrazine groups is 1. The van der Waals surface area contributed by atoms with Gasteiger partial charge in [-0.05, 0) is 29.8 Å². The second-order valence-corrected chi connectivity index (χ2v) is 4.83. The lowest BCUT2D eigenvalue weighted by Gasteiger charge is -2.10. The van der Waals surface area contributed by atoms with E-state index >= 15 is 0 Å². The second kappa shape index (κ2) is 6.61. The quantitative estimate of drug-likeness (QED) is 0.518. The van der Waals surface area contributed by atoms with Crippen molar-refractivity contribution in [1.29, 1.82) is 0 Å². The standard InChI is InChI=1S/C14H12Cl2N2O2/c15-11-5-2-6-12(16)13(11)20-8-9-3-1-4-10(7-9)14(19)18-17/h1-7H,8,17H2,(H,18,19). The van der Waals surface area contributed by atoms with Gasteiger partial charge >= 0.3 is 0 Å². The van der Waals surface area contributed by atoms with E-state index in [1.807, 2.05) is 6.07 Å². The number of amides is 1. The molecule has 0 atom stereocenters. The lowest BCUT2D eigenvalue weighted by Crippen LogP contribution is -2.30. The zero-order chi connectivity index (χ0) is 14.5. The molecule has 0 aromatic heterocycles. The molecule has 0 heterocycles. The SMILES string of the molecule is NNC(=O)c1cccc(COc2c(Cl)cccc2Cl)c1. The van der Waals surface area contributed by atoms with Crippen molar-refractivity contribution < 1.29 is 9.53 Å². The first-order valence-electron chi connectivity index (χ1n) is 5.78. The van der Waals surface area contributed by atoms with Gasteiger partial charge in [-0.3, -0.25) is 10.2 Å². The molecule has 0 radical (unpaired) electrons. The fourth-order valence-electron chi connectivity index (χ4n) is 1.66. The molecule has 0 aliphatic rings. The Morgan fingerprint density at radius 3 is 2.45 bits per heavy atom. The summed E-state index contributed by atoms with van der Waals surface area (Å²) in [5.41, 5.74) is 3.34. The van der Waals surface area contributed by atoms with Crippen LogP contribution in [0.2, 0.25) is 10.0 Å². The largest absolute Gasteiger partial charge is 0.486 e. The third-order valence-electron chi connectivity index (χ3n) is 2.62. The van der Waals surface area contributed by atoms with Gasteiger partial charge in [-0.25, -0.2) is 5.84 Å². The number of benzene rings is 2. The smallest absolute Gasteiger partial charge is 0.265 e. The molecule has 20 heavy (non-hydrogen) atoms. The lowest BCUT2D eigenvalue weighted by molar-refractivity contribution is 0.0953. The Morgan fingerprint density at radius 1 is 1.15 bits per heavy atom. The van der Waals surface area contributed by atoms with Crippen molar-refractivity contribution in [3.63, 3.8) is 0 Å². The minimum absolute atomic E-state index is 0.245. The normalized spacial score (nSPS) is 10.2. The number of carbonyl (C=O) groups excluding carboxylic acids is 1. The predicted molar refractivity (Wildman–Crippen MR) is 78.9 cm³/mol. The number of para-hydroxylation sites is 1. The molecule has 0 aliphatic carbocycles. The van der Waals surface area contributed by atoms with E-state index in [9.17, 15) is 4.79 Å². The van der Waals surface area contributed by atoms with Crippen LogP contribution >= 0.6 is 23.2 Å². The van der Waals surface area contributed by atoms with Crippen molar-refractivity contribution in [3.05, 3.63) is 63.6 Å². The summed E-state index contributed by atoms with van der Waals surface area (Å²) >= 11 is 12.0. The number of hydrogen-bond donors (Lipinski definition) is 2. The Balaban J connectivity index is 2.13. The zero-order valence-corrected chi connectivity index (χ0v) is 11.9. The Hall–Kier alpha value is -1.75. The van der Waals surface area contributed by atoms with Crippen LogP contribution in [0, 0.1) is 0 Å². The zero-order valence-electron chi connectivity index (χ0n) is 10.4. The molecule has 0 saturated carbocycles. The first kappa shape index (κ1) is 14.7. The molecule has 4 nitrogen and oxygen atoms in total. The molecule has 2 rings (SSSR count). The highest BCUT2D eigenvalue weighted by Gasteiger charge is 2.08. The van der Waals surface area contributed by atoms with E-state index in [0.29, 0.717) is 21.4 Å². The van der Waals surface area contributed by atoms with Gasteiger partial charge in [0, 0.05) is 5.56 Å². The lowest BCUT2D eigenvalue weighted by atomic mass is 10.1. The highest BCUT2D eigenvalue weighted by atomic mass is 35.5. The van der Waals surface area contributed by atoms with Crippen LogP contribution in [0.5, 0.6) is 5.75 Å². The third-order valence-corrected chi connectivity index (χ3v) is 3.22. The summed E-state index contributed by atoms with van der Waals surface area (Å²) in [5.74, 6) is 5.16. The van der Waals surface area contributed by atoms with Gasteiger partial charge in [0.1, 0.15) is 6.61 Å². The molecule has 0 unspecified atom stereocenters. The van der Waals surface area contributed by atoms with Crippen molar-refractivity contribution in [3.8, 4) is 5.75 Å². The molecule has 0 spiro atoms. The van der Waals surface area contributed by atoms with Crippen LogP contribution in [0.4, 0.5) is 0 Å². The number of nitrogen functional groups attached to an aromatic ring is 1. The van der Waals surface area contributed by atoms with Gasteiger partial charge in [-0.1, -0.05) is 41.4 Å². The van der Waals surface area contributed by atoms with E-state index in [4.69, 9.17) is 33.8 Å². The van der Waals surface area contributed by atoms with Gasteiger partial charge in [0.05, 0.1) is 10.0 Å². The Labute approximate surface area is 126 Å². The molecule has 1 amide bonds. The first-order chi connectivity index (χ1) is 9.61. The molecular formula is C14H12Cl2N2O2. The predicted octanol–water partition coefficient (Wildman–Crippen LogP) is 3.18. The van der Waals surface area contributed by atoms with Crippen LogP contribution < -0.4 is 16.0 Å². The topological polar surface area (TPSA) is 64.3 Å². The van der Waals surface area contributed by atoms with Gasteiger partial charge in [-0.2, -0.15) is 0 Å². The van der Waals surface area contributed by atoms with E-state index in [-0.39, 0.29) is 12.5 Å². The van der Waals surface area contributed by atoms with Gasteiger partial charge in [0.25, 0.3) is 5.91 Å². The van der Waals surface area contributed by atoms with Crippen LogP contribution in [0.25, 0.3) is 0 Å². The highest BCUT2D eigenvalue weighted by molar-refractivity contribution is 6.37. The van der Waals surface area contributed by atoms with E-state index in [2.05, 4.69) is 5.43 Å². The van der Waals surface area contributed by atoms with Crippen molar-refractivity contribution in [2.75, 3.05) is 0 Å². The number of rotatable bonds is 4. The summed E-state index contributed by atoms with van der Waals surface area (Å²) in [5, 5.41) is 0.877. The van der Waals surface area contributed by atoms with Gasteiger partial charge in [0.2, 0.25) is 0 Å². The van der Waals surface area contributed by atoms with Gasteiger partial charge in [-0.15, -0.1) is 0 Å². The molecule has 2 aromatic carbocycles. The van der Waals surface area contributed by atoms with Crippen LogP contribution in [0.1, 0.15) is 15.9 Å². The molecule has 2 aromatic rings. The molecule has 3 N–H and O–H groups in total. The molecule has 0 bridgehead atoms. The van der Waals surface area contributed by atoms with Crippen LogP contribution in [0.15, 0.2) is 42.5 Å². The minimum Gasteiger partial charge on any atom is -0.486 e. The summed E-state index contributed by atoms with van der Waals surface area (Å²) < 4.78 is 5.60. The van der Waals surface area contributed by atoms with E-state index in [0.717, 1.165) is 5.56 Å². The average molecular weight is 311 g/mol. The second-order valence-electron chi connectivity index (χ2n) is 4.01. The fourth-order valence-corrected chi connectivity index (χ4v) is 2.17. The van der Waals surface area contributed by atoms with Crippen molar-refractivity contribution >= 4 is 29.1 Å². The highest BCUT2D eigenvalue weighted by Crippen LogP contribution is 2.32. The Morgan fingerprint density at radius 2 is 1.80 bits per heavy atom. The van der Waals surface area contributed by atoms with E-state index < -0.39 is 0 Å². The van der Waals surface area contributed by atoms with Crippen LogP contribution in [-0.2, 0) is 6.61 Å². The number of ether oxygens (including phenoxy) is 1. The number of nitrogens with two attached hydrogens (primary N) is 1. The maximum absolute atomic E-state index is 11.4. The summed E-state index contributed by atoms with van der Waals surface area (Å²) in [7, 11) is 0. The maximum Gasteiger partial charge on any atom is 0.265 e. The minimum atomic E-state index is -0.359. The van der Waals surface area contributed by atoms with Gasteiger partial charge < -0.3 is 4.74 Å². The fraction of sp³-hybridized carbons (Fsp3) is 0.0714. The van der Waals surface area contributed by atoms with Crippen molar-refractivity contribution in [1.82, 2.24) is 5.43 Å². The number of nitrogens with one attached hydrogen (secondary N) is 1. The first-order valence-corrected chi connectivity index (χ1v) is 6.54. The van der Waals surface area contributed by atoms with E-state index in [1.54, 1.807) is 36.4 Å². The molecule has 6 heteroatoms. The Bertz CT molecular complexity index is 612. The Kier molecular flexibility index (Phi) is 4.84. The summed E-state index contributed by atoms with van der Waals surface area (Å²) in [6.07, 6.45) is 0. The monoisotopic (exact) mass is 310 g/mol. The molecule has 0 fully saturated rings. The maximum atomic E-state index is 11.4. The molecular weight excluding hydrogens is 299 g/mol. The summed E-state index contributed by atoms with van der Waals surface area (Å²) in [6, 6.07) is 12.1. The molecule has 0 saturated heterocycles. The van der Waals surface area contributed by atoms with Gasteiger partial charge in [0.15, 0.2) is 5.75 Å².